The van der Waals surface area contributed by atoms with Gasteiger partial charge in [-0.3, -0.25) is 14.9 Å². The molecular formula is C17H18BrNO2. The van der Waals surface area contributed by atoms with E-state index < -0.39 is 0 Å². The highest BCUT2D eigenvalue weighted by Gasteiger charge is 2.40. The number of carbonyl (C=O) groups excluding carboxylic acids is 2. The third-order valence-corrected chi connectivity index (χ3v) is 5.07. The van der Waals surface area contributed by atoms with Crippen molar-refractivity contribution in [1.82, 2.24) is 5.32 Å². The predicted molar refractivity (Wildman–Crippen MR) is 84.6 cm³/mol. The van der Waals surface area contributed by atoms with E-state index in [1.165, 1.54) is 0 Å². The fourth-order valence-corrected chi connectivity index (χ4v) is 3.77. The summed E-state index contributed by atoms with van der Waals surface area (Å²) >= 11 is 3.42. The minimum Gasteiger partial charge on any atom is -0.296 e. The number of amides is 2. The van der Waals surface area contributed by atoms with Crippen molar-refractivity contribution >= 4 is 27.7 Å². The molecule has 0 saturated carbocycles. The summed E-state index contributed by atoms with van der Waals surface area (Å²) < 4.78 is 0.996. The minimum absolute atomic E-state index is 0.109. The van der Waals surface area contributed by atoms with Crippen molar-refractivity contribution < 1.29 is 9.59 Å². The summed E-state index contributed by atoms with van der Waals surface area (Å²) in [5, 5.41) is 2.50. The Labute approximate surface area is 132 Å². The maximum atomic E-state index is 12.4. The average molecular weight is 348 g/mol. The van der Waals surface area contributed by atoms with Crippen molar-refractivity contribution in [1.29, 1.82) is 0 Å². The first-order valence-electron chi connectivity index (χ1n) is 7.39. The van der Waals surface area contributed by atoms with Gasteiger partial charge < -0.3 is 0 Å². The topological polar surface area (TPSA) is 46.2 Å². The Morgan fingerprint density at radius 3 is 2.52 bits per heavy atom. The highest BCUT2D eigenvalue weighted by molar-refractivity contribution is 9.10. The van der Waals surface area contributed by atoms with Crippen LogP contribution in [0.4, 0.5) is 0 Å². The van der Waals surface area contributed by atoms with E-state index in [1.807, 2.05) is 24.3 Å². The number of rotatable bonds is 2. The lowest BCUT2D eigenvalue weighted by Crippen LogP contribution is -2.46. The van der Waals surface area contributed by atoms with Crippen LogP contribution in [0.15, 0.2) is 40.9 Å². The number of hydrogen-bond donors (Lipinski definition) is 1. The number of carbonyl (C=O) groups is 2. The van der Waals surface area contributed by atoms with Gasteiger partial charge in [-0.25, -0.2) is 0 Å². The fraction of sp³-hybridized carbons (Fsp3) is 0.412. The second-order valence-corrected chi connectivity index (χ2v) is 6.77. The molecule has 3 rings (SSSR count). The number of allylic oxidation sites excluding steroid dienone is 2. The molecule has 4 heteroatoms. The van der Waals surface area contributed by atoms with Gasteiger partial charge >= 0.3 is 0 Å². The molecular weight excluding hydrogens is 330 g/mol. The van der Waals surface area contributed by atoms with Crippen LogP contribution in [0, 0.1) is 11.8 Å². The molecule has 1 aliphatic heterocycles. The van der Waals surface area contributed by atoms with Gasteiger partial charge in [-0.15, -0.1) is 0 Å². The number of halogens is 1. The Hall–Kier alpha value is -1.42. The molecule has 1 saturated heterocycles. The quantitative estimate of drug-likeness (QED) is 0.656. The second-order valence-electron chi connectivity index (χ2n) is 5.85. The van der Waals surface area contributed by atoms with E-state index in [0.29, 0.717) is 12.3 Å². The van der Waals surface area contributed by atoms with E-state index in [0.717, 1.165) is 29.3 Å². The zero-order chi connectivity index (χ0) is 14.8. The van der Waals surface area contributed by atoms with Crippen molar-refractivity contribution in [3.8, 4) is 0 Å². The largest absolute Gasteiger partial charge is 0.296 e. The third-order valence-electron chi connectivity index (χ3n) is 4.54. The Balaban J connectivity index is 1.92. The van der Waals surface area contributed by atoms with Crippen LogP contribution in [0.5, 0.6) is 0 Å². The van der Waals surface area contributed by atoms with Crippen LogP contribution in [-0.2, 0) is 9.59 Å². The normalized spacial score (nSPS) is 29.3. The van der Waals surface area contributed by atoms with Gasteiger partial charge in [0.2, 0.25) is 11.8 Å². The molecule has 1 aliphatic carbocycles. The van der Waals surface area contributed by atoms with Gasteiger partial charge in [-0.2, -0.15) is 0 Å². The molecule has 21 heavy (non-hydrogen) atoms. The SMILES string of the molecule is O=C1CC(C2CC=CCC2)C(c2ccc(Br)cc2)C(=O)N1. The van der Waals surface area contributed by atoms with Crippen LogP contribution in [0.25, 0.3) is 0 Å². The molecule has 3 nitrogen and oxygen atoms in total. The summed E-state index contributed by atoms with van der Waals surface area (Å²) in [4.78, 5) is 24.2. The van der Waals surface area contributed by atoms with Crippen LogP contribution in [0.1, 0.15) is 37.2 Å². The van der Waals surface area contributed by atoms with E-state index in [1.54, 1.807) is 0 Å². The summed E-state index contributed by atoms with van der Waals surface area (Å²) in [6.07, 6.45) is 7.90. The van der Waals surface area contributed by atoms with Gasteiger partial charge in [0.15, 0.2) is 0 Å². The molecule has 2 amide bonds. The van der Waals surface area contributed by atoms with E-state index in [2.05, 4.69) is 33.4 Å². The summed E-state index contributed by atoms with van der Waals surface area (Å²) in [5.41, 5.74) is 1.00. The smallest absolute Gasteiger partial charge is 0.234 e. The highest BCUT2D eigenvalue weighted by Crippen LogP contribution is 2.40. The fourth-order valence-electron chi connectivity index (χ4n) is 3.51. The average Bonchev–Trinajstić information content (AvgIpc) is 2.49. The first-order valence-corrected chi connectivity index (χ1v) is 8.18. The zero-order valence-corrected chi connectivity index (χ0v) is 13.3. The van der Waals surface area contributed by atoms with Gasteiger partial charge in [-0.05, 0) is 48.8 Å². The molecule has 110 valence electrons. The number of imide groups is 1. The monoisotopic (exact) mass is 347 g/mol. The summed E-state index contributed by atoms with van der Waals surface area (Å²) in [5.74, 6) is 0.0318. The van der Waals surface area contributed by atoms with Gasteiger partial charge in [0, 0.05) is 10.9 Å². The Morgan fingerprint density at radius 1 is 1.10 bits per heavy atom. The molecule has 1 fully saturated rings. The van der Waals surface area contributed by atoms with E-state index in [4.69, 9.17) is 0 Å². The predicted octanol–water partition coefficient (Wildman–Crippen LogP) is 3.55. The number of nitrogens with one attached hydrogen (secondary N) is 1. The number of piperidine rings is 1. The van der Waals surface area contributed by atoms with Gasteiger partial charge in [0.05, 0.1) is 5.92 Å². The molecule has 0 radical (unpaired) electrons. The van der Waals surface area contributed by atoms with Crippen molar-refractivity contribution in [3.63, 3.8) is 0 Å². The Bertz CT molecular complexity index is 579. The lowest BCUT2D eigenvalue weighted by molar-refractivity contribution is -0.137. The number of benzene rings is 1. The van der Waals surface area contributed by atoms with Gasteiger partial charge in [0.1, 0.15) is 0 Å². The molecule has 2 aliphatic rings. The summed E-state index contributed by atoms with van der Waals surface area (Å²) in [6, 6.07) is 7.87. The van der Waals surface area contributed by atoms with Crippen LogP contribution >= 0.6 is 15.9 Å². The third kappa shape index (κ3) is 3.10. The van der Waals surface area contributed by atoms with E-state index >= 15 is 0 Å². The molecule has 0 aromatic heterocycles. The van der Waals surface area contributed by atoms with Crippen LogP contribution in [0.2, 0.25) is 0 Å². The minimum atomic E-state index is -0.215. The standard InChI is InChI=1S/C17H18BrNO2/c18-13-8-6-12(7-9-13)16-14(10-15(20)19-17(16)21)11-4-2-1-3-5-11/h1-2,6-9,11,14,16H,3-5,10H2,(H,19,20,21). The second kappa shape index (κ2) is 6.14. The molecule has 0 bridgehead atoms. The highest BCUT2D eigenvalue weighted by atomic mass is 79.9. The molecule has 1 N–H and O–H groups in total. The maximum absolute atomic E-state index is 12.4. The zero-order valence-electron chi connectivity index (χ0n) is 11.7. The van der Waals surface area contributed by atoms with Gasteiger partial charge in [0.25, 0.3) is 0 Å². The van der Waals surface area contributed by atoms with Crippen molar-refractivity contribution in [2.45, 2.75) is 31.6 Å². The Morgan fingerprint density at radius 2 is 1.86 bits per heavy atom. The lowest BCUT2D eigenvalue weighted by Gasteiger charge is -2.36. The summed E-state index contributed by atoms with van der Waals surface area (Å²) in [7, 11) is 0. The van der Waals surface area contributed by atoms with E-state index in [9.17, 15) is 9.59 Å². The number of hydrogen-bond acceptors (Lipinski definition) is 2. The molecule has 3 atom stereocenters. The summed E-state index contributed by atoms with van der Waals surface area (Å²) in [6.45, 7) is 0. The molecule has 0 spiro atoms. The molecule has 1 heterocycles. The first kappa shape index (κ1) is 14.5. The van der Waals surface area contributed by atoms with Crippen molar-refractivity contribution in [3.05, 3.63) is 46.5 Å². The lowest BCUT2D eigenvalue weighted by atomic mass is 9.70. The van der Waals surface area contributed by atoms with Gasteiger partial charge in [-0.1, -0.05) is 40.2 Å². The van der Waals surface area contributed by atoms with Crippen molar-refractivity contribution in [2.24, 2.45) is 11.8 Å². The Kier molecular flexibility index (Phi) is 4.24. The maximum Gasteiger partial charge on any atom is 0.234 e. The molecule has 3 unspecified atom stereocenters. The van der Waals surface area contributed by atoms with Crippen LogP contribution < -0.4 is 5.32 Å². The molecule has 1 aromatic carbocycles. The van der Waals surface area contributed by atoms with E-state index in [-0.39, 0.29) is 23.7 Å². The van der Waals surface area contributed by atoms with Crippen molar-refractivity contribution in [2.75, 3.05) is 0 Å². The van der Waals surface area contributed by atoms with Crippen LogP contribution in [0.3, 0.4) is 0 Å². The molecule has 1 aromatic rings. The first-order chi connectivity index (χ1) is 10.1. The van der Waals surface area contributed by atoms with Crippen LogP contribution in [-0.4, -0.2) is 11.8 Å².